The Balaban J connectivity index is 1.87. The normalized spacial score (nSPS) is 16.3. The number of allylic oxidation sites excluding steroid dienone is 2. The maximum Gasteiger partial charge on any atom is 0.573 e. The number of hydrogen-bond donors (Lipinski definition) is 0. The molecule has 7 nitrogen and oxygen atoms in total. The third kappa shape index (κ3) is 7.71. The Kier molecular flexibility index (Phi) is 9.70. The third-order valence-electron chi connectivity index (χ3n) is 5.87. The van der Waals surface area contributed by atoms with Crippen LogP contribution in [-0.2, 0) is 25.6 Å². The molecule has 10 heteroatoms. The summed E-state index contributed by atoms with van der Waals surface area (Å²) in [7, 11) is 2.55. The summed E-state index contributed by atoms with van der Waals surface area (Å²) in [6.45, 7) is 3.45. The lowest BCUT2D eigenvalue weighted by atomic mass is 9.87. The van der Waals surface area contributed by atoms with E-state index in [1.807, 2.05) is 43.3 Å². The number of alkyl halides is 3. The van der Waals surface area contributed by atoms with Gasteiger partial charge in [-0.3, -0.25) is 0 Å². The van der Waals surface area contributed by atoms with E-state index in [0.717, 1.165) is 11.1 Å². The lowest BCUT2D eigenvalue weighted by molar-refractivity contribution is -0.274. The predicted molar refractivity (Wildman–Crippen MR) is 137 cm³/mol. The van der Waals surface area contributed by atoms with Gasteiger partial charge in [-0.05, 0) is 54.5 Å². The monoisotopic (exact) mass is 530 g/mol. The van der Waals surface area contributed by atoms with E-state index in [0.29, 0.717) is 24.0 Å². The van der Waals surface area contributed by atoms with Crippen LogP contribution >= 0.6 is 0 Å². The first kappa shape index (κ1) is 28.5. The average molecular weight is 531 g/mol. The number of methoxy groups -OCH3 is 1. The molecule has 0 amide bonds. The van der Waals surface area contributed by atoms with E-state index >= 15 is 0 Å². The number of carbonyl (C=O) groups excluding carboxylic acids is 1. The Morgan fingerprint density at radius 2 is 1.79 bits per heavy atom. The molecule has 2 aromatic carbocycles. The standard InChI is InChI=1S/C28H29F3N2O5/c1-18-9-8-12-23(26(33-36-4)27(34)35-3)24(18)17-37-32-19(2)22-14-13-21(15-20-10-6-5-7-11-20)16-25(22)38-28(29,30)31/h5-8,10-14,16,18H,9,15,17H2,1-4H3/b32-19+,33-26+. The van der Waals surface area contributed by atoms with E-state index in [1.54, 1.807) is 12.1 Å². The molecule has 0 radical (unpaired) electrons. The molecule has 202 valence electrons. The maximum atomic E-state index is 13.2. The molecule has 1 unspecified atom stereocenters. The molecule has 1 atom stereocenters. The Morgan fingerprint density at radius 3 is 2.45 bits per heavy atom. The second-order valence-electron chi connectivity index (χ2n) is 8.58. The van der Waals surface area contributed by atoms with Crippen molar-refractivity contribution in [2.75, 3.05) is 20.8 Å². The fraction of sp³-hybridized carbons (Fsp3) is 0.321. The highest BCUT2D eigenvalue weighted by Crippen LogP contribution is 2.30. The van der Waals surface area contributed by atoms with Gasteiger partial charge in [0, 0.05) is 11.1 Å². The van der Waals surface area contributed by atoms with Crippen LogP contribution in [0.15, 0.2) is 82.1 Å². The van der Waals surface area contributed by atoms with Crippen LogP contribution in [0, 0.1) is 5.92 Å². The molecule has 1 aliphatic rings. The van der Waals surface area contributed by atoms with Crippen molar-refractivity contribution in [1.82, 2.24) is 0 Å². The molecule has 0 aliphatic heterocycles. The molecule has 0 heterocycles. The molecular weight excluding hydrogens is 501 g/mol. The Morgan fingerprint density at radius 1 is 1.05 bits per heavy atom. The Bertz CT molecular complexity index is 1250. The van der Waals surface area contributed by atoms with Gasteiger partial charge in [-0.2, -0.15) is 0 Å². The molecule has 38 heavy (non-hydrogen) atoms. The number of esters is 1. The smallest absolute Gasteiger partial charge is 0.464 e. The zero-order valence-corrected chi connectivity index (χ0v) is 21.5. The van der Waals surface area contributed by atoms with Crippen molar-refractivity contribution in [1.29, 1.82) is 0 Å². The fourth-order valence-electron chi connectivity index (χ4n) is 4.00. The number of rotatable bonds is 10. The van der Waals surface area contributed by atoms with Crippen LogP contribution in [0.25, 0.3) is 0 Å². The minimum absolute atomic E-state index is 0.0152. The number of nitrogens with zero attached hydrogens (tertiary/aromatic N) is 2. The molecule has 0 aromatic heterocycles. The molecule has 0 N–H and O–H groups in total. The van der Waals surface area contributed by atoms with Gasteiger partial charge in [0.25, 0.3) is 0 Å². The summed E-state index contributed by atoms with van der Waals surface area (Å²) in [6.07, 6.45) is -0.126. The van der Waals surface area contributed by atoms with Crippen molar-refractivity contribution in [2.24, 2.45) is 16.2 Å². The van der Waals surface area contributed by atoms with Crippen LogP contribution in [0.4, 0.5) is 13.2 Å². The summed E-state index contributed by atoms with van der Waals surface area (Å²) in [6, 6.07) is 14.0. The molecule has 0 fully saturated rings. The quantitative estimate of drug-likeness (QED) is 0.214. The summed E-state index contributed by atoms with van der Waals surface area (Å²) in [4.78, 5) is 22.6. The van der Waals surface area contributed by atoms with Gasteiger partial charge in [-0.1, -0.05) is 65.8 Å². The molecule has 0 spiro atoms. The third-order valence-corrected chi connectivity index (χ3v) is 5.87. The van der Waals surface area contributed by atoms with E-state index < -0.39 is 12.3 Å². The highest BCUT2D eigenvalue weighted by Gasteiger charge is 2.32. The molecule has 1 aliphatic carbocycles. The lowest BCUT2D eigenvalue weighted by Crippen LogP contribution is -2.23. The van der Waals surface area contributed by atoms with E-state index in [1.165, 1.54) is 33.3 Å². The van der Waals surface area contributed by atoms with Gasteiger partial charge >= 0.3 is 12.3 Å². The molecule has 2 aromatic rings. The largest absolute Gasteiger partial charge is 0.573 e. The van der Waals surface area contributed by atoms with Gasteiger partial charge in [-0.15, -0.1) is 13.2 Å². The minimum Gasteiger partial charge on any atom is -0.464 e. The van der Waals surface area contributed by atoms with Gasteiger partial charge in [0.1, 0.15) is 19.5 Å². The number of halogens is 3. The van der Waals surface area contributed by atoms with Gasteiger partial charge in [0.2, 0.25) is 0 Å². The number of ether oxygens (including phenoxy) is 2. The number of oxime groups is 2. The summed E-state index contributed by atoms with van der Waals surface area (Å²) in [5.74, 6) is -1.06. The van der Waals surface area contributed by atoms with Gasteiger partial charge < -0.3 is 19.1 Å². The van der Waals surface area contributed by atoms with Crippen LogP contribution < -0.4 is 4.74 Å². The van der Waals surface area contributed by atoms with E-state index in [2.05, 4.69) is 15.0 Å². The highest BCUT2D eigenvalue weighted by molar-refractivity contribution is 6.44. The molecule has 0 saturated carbocycles. The molecular formula is C28H29F3N2O5. The van der Waals surface area contributed by atoms with Crippen molar-refractivity contribution in [3.63, 3.8) is 0 Å². The predicted octanol–water partition coefficient (Wildman–Crippen LogP) is 5.98. The second-order valence-corrected chi connectivity index (χ2v) is 8.58. The van der Waals surface area contributed by atoms with Gasteiger partial charge in [0.15, 0.2) is 5.71 Å². The van der Waals surface area contributed by atoms with Crippen molar-refractivity contribution < 1.29 is 37.1 Å². The second kappa shape index (κ2) is 12.9. The number of benzene rings is 2. The summed E-state index contributed by atoms with van der Waals surface area (Å²) in [5, 5.41) is 7.85. The van der Waals surface area contributed by atoms with Crippen LogP contribution in [0.3, 0.4) is 0 Å². The summed E-state index contributed by atoms with van der Waals surface area (Å²) >= 11 is 0. The average Bonchev–Trinajstić information content (AvgIpc) is 2.87. The fourth-order valence-corrected chi connectivity index (χ4v) is 4.00. The first-order valence-corrected chi connectivity index (χ1v) is 11.8. The zero-order valence-electron chi connectivity index (χ0n) is 21.5. The van der Waals surface area contributed by atoms with Crippen LogP contribution in [0.1, 0.15) is 37.0 Å². The summed E-state index contributed by atoms with van der Waals surface area (Å²) in [5.41, 5.74) is 3.11. The first-order valence-electron chi connectivity index (χ1n) is 11.8. The lowest BCUT2D eigenvalue weighted by Gasteiger charge is -2.21. The van der Waals surface area contributed by atoms with E-state index in [-0.39, 0.29) is 35.3 Å². The van der Waals surface area contributed by atoms with E-state index in [4.69, 9.17) is 14.4 Å². The van der Waals surface area contributed by atoms with Crippen molar-refractivity contribution in [2.45, 2.75) is 33.1 Å². The van der Waals surface area contributed by atoms with Crippen molar-refractivity contribution in [3.8, 4) is 5.75 Å². The Hall–Kier alpha value is -4.08. The van der Waals surface area contributed by atoms with Crippen molar-refractivity contribution >= 4 is 17.4 Å². The molecule has 0 saturated heterocycles. The number of carbonyl (C=O) groups is 1. The van der Waals surface area contributed by atoms with Gasteiger partial charge in [0.05, 0.1) is 12.8 Å². The minimum atomic E-state index is -4.88. The van der Waals surface area contributed by atoms with Gasteiger partial charge in [-0.25, -0.2) is 4.79 Å². The van der Waals surface area contributed by atoms with E-state index in [9.17, 15) is 18.0 Å². The van der Waals surface area contributed by atoms with Crippen LogP contribution in [0.5, 0.6) is 5.75 Å². The zero-order chi connectivity index (χ0) is 27.7. The topological polar surface area (TPSA) is 78.7 Å². The summed E-state index contributed by atoms with van der Waals surface area (Å²) < 4.78 is 48.7. The first-order chi connectivity index (χ1) is 18.1. The highest BCUT2D eigenvalue weighted by atomic mass is 19.4. The Labute approximate surface area is 219 Å². The SMILES string of the molecule is CO/N=C(/C(=O)OC)C1=C(CO/N=C(\C)c2ccc(Cc3ccccc3)cc2OC(F)(F)F)C(C)CC=C1. The number of hydrogen-bond acceptors (Lipinski definition) is 7. The molecule has 0 bridgehead atoms. The molecule has 3 rings (SSSR count). The van der Waals surface area contributed by atoms with Crippen molar-refractivity contribution in [3.05, 3.63) is 88.5 Å². The van der Waals surface area contributed by atoms with Crippen LogP contribution in [-0.4, -0.2) is 44.6 Å². The maximum absolute atomic E-state index is 13.2. The van der Waals surface area contributed by atoms with Crippen LogP contribution in [0.2, 0.25) is 0 Å².